The molecule has 0 bridgehead atoms. The van der Waals surface area contributed by atoms with Crippen molar-refractivity contribution >= 4 is 23.7 Å². The molecular formula is C28H33N3O5. The van der Waals surface area contributed by atoms with Gasteiger partial charge in [0.2, 0.25) is 5.91 Å². The summed E-state index contributed by atoms with van der Waals surface area (Å²) in [5.74, 6) is -0.284. The smallest absolute Gasteiger partial charge is 0.409 e. The second-order valence-corrected chi connectivity index (χ2v) is 10.3. The van der Waals surface area contributed by atoms with E-state index < -0.39 is 11.0 Å². The topological polar surface area (TPSA) is 79.4 Å². The molecule has 2 aromatic rings. The normalized spacial score (nSPS) is 21.5. The van der Waals surface area contributed by atoms with Crippen LogP contribution >= 0.6 is 0 Å². The quantitative estimate of drug-likeness (QED) is 0.609. The molecule has 36 heavy (non-hydrogen) atoms. The summed E-state index contributed by atoms with van der Waals surface area (Å²) in [5.41, 5.74) is 2.02. The van der Waals surface area contributed by atoms with Crippen LogP contribution in [0, 0.1) is 0 Å². The Kier molecular flexibility index (Phi) is 6.14. The molecule has 0 N–H and O–H groups in total. The van der Waals surface area contributed by atoms with Crippen LogP contribution in [0.2, 0.25) is 0 Å². The number of carbonyl (C=O) groups excluding carboxylic acids is 3. The Labute approximate surface area is 211 Å². The number of amides is 2. The minimum absolute atomic E-state index is 0.0237. The third kappa shape index (κ3) is 4.08. The van der Waals surface area contributed by atoms with Crippen LogP contribution in [0.4, 0.5) is 10.5 Å². The van der Waals surface area contributed by atoms with Gasteiger partial charge in [0, 0.05) is 50.4 Å². The molecule has 2 aromatic carbocycles. The Balaban J connectivity index is 1.25. The van der Waals surface area contributed by atoms with Gasteiger partial charge in [-0.25, -0.2) is 9.59 Å². The van der Waals surface area contributed by atoms with Gasteiger partial charge in [-0.2, -0.15) is 0 Å². The van der Waals surface area contributed by atoms with E-state index in [1.54, 1.807) is 11.0 Å². The Morgan fingerprint density at radius 2 is 1.67 bits per heavy atom. The SMILES string of the molecule is CCOC(=O)N1CCN(c2ccc(C(C)(C)C(=O)N3CC[C@@]4(C3)OC(=O)c3ccccc34)cc2)CC1. The molecular weight excluding hydrogens is 458 g/mol. The molecule has 3 aliphatic heterocycles. The van der Waals surface area contributed by atoms with Gasteiger partial charge in [-0.05, 0) is 44.5 Å². The number of rotatable bonds is 4. The highest BCUT2D eigenvalue weighted by Gasteiger charge is 2.52. The van der Waals surface area contributed by atoms with E-state index in [0.717, 1.165) is 29.9 Å². The highest BCUT2D eigenvalue weighted by Crippen LogP contribution is 2.44. The summed E-state index contributed by atoms with van der Waals surface area (Å²) in [6.07, 6.45) is 0.348. The van der Waals surface area contributed by atoms with Crippen molar-refractivity contribution in [3.63, 3.8) is 0 Å². The molecule has 0 radical (unpaired) electrons. The van der Waals surface area contributed by atoms with Gasteiger partial charge >= 0.3 is 12.1 Å². The number of benzene rings is 2. The summed E-state index contributed by atoms with van der Waals surface area (Å²) in [5, 5.41) is 0. The zero-order chi connectivity index (χ0) is 25.5. The zero-order valence-electron chi connectivity index (χ0n) is 21.2. The van der Waals surface area contributed by atoms with Crippen LogP contribution < -0.4 is 4.90 Å². The van der Waals surface area contributed by atoms with Crippen molar-refractivity contribution in [1.82, 2.24) is 9.80 Å². The molecule has 8 heteroatoms. The maximum Gasteiger partial charge on any atom is 0.409 e. The molecule has 190 valence electrons. The minimum atomic E-state index is -0.741. The predicted molar refractivity (Wildman–Crippen MR) is 135 cm³/mol. The Hall–Kier alpha value is -3.55. The van der Waals surface area contributed by atoms with E-state index in [9.17, 15) is 14.4 Å². The van der Waals surface area contributed by atoms with E-state index in [0.29, 0.717) is 44.8 Å². The fraction of sp³-hybridized carbons (Fsp3) is 0.464. The standard InChI is InChI=1S/C28H33N3O5/c1-4-35-26(34)30-17-15-29(16-18-30)21-11-9-20(10-12-21)27(2,3)25(33)31-14-13-28(19-31)23-8-6-5-7-22(23)24(32)36-28/h5-12H,4,13-19H2,1-3H3/t28-/m0/s1. The number of piperazine rings is 1. The molecule has 5 rings (SSSR count). The largest absolute Gasteiger partial charge is 0.450 e. The molecule has 2 saturated heterocycles. The van der Waals surface area contributed by atoms with Crippen molar-refractivity contribution in [2.24, 2.45) is 0 Å². The van der Waals surface area contributed by atoms with Crippen molar-refractivity contribution in [3.05, 3.63) is 65.2 Å². The average Bonchev–Trinajstić information content (AvgIpc) is 3.45. The van der Waals surface area contributed by atoms with E-state index in [-0.39, 0.29) is 18.0 Å². The third-order valence-corrected chi connectivity index (χ3v) is 7.74. The van der Waals surface area contributed by atoms with Gasteiger partial charge < -0.3 is 24.2 Å². The van der Waals surface area contributed by atoms with Crippen molar-refractivity contribution in [3.8, 4) is 0 Å². The number of nitrogens with zero attached hydrogens (tertiary/aromatic N) is 3. The first kappa shape index (κ1) is 24.2. The first-order valence-electron chi connectivity index (χ1n) is 12.6. The Morgan fingerprint density at radius 3 is 2.36 bits per heavy atom. The van der Waals surface area contributed by atoms with Crippen molar-refractivity contribution in [2.45, 2.75) is 38.2 Å². The number of anilines is 1. The second kappa shape index (κ2) is 9.15. The van der Waals surface area contributed by atoms with Crippen molar-refractivity contribution < 1.29 is 23.9 Å². The fourth-order valence-electron chi connectivity index (χ4n) is 5.57. The number of hydrogen-bond acceptors (Lipinski definition) is 6. The summed E-state index contributed by atoms with van der Waals surface area (Å²) in [7, 11) is 0. The second-order valence-electron chi connectivity index (χ2n) is 10.3. The lowest BCUT2D eigenvalue weighted by atomic mass is 9.83. The molecule has 0 aliphatic carbocycles. The molecule has 2 amide bonds. The van der Waals surface area contributed by atoms with Crippen LogP contribution in [0.1, 0.15) is 48.7 Å². The average molecular weight is 492 g/mol. The molecule has 1 atom stereocenters. The van der Waals surface area contributed by atoms with Gasteiger partial charge in [0.05, 0.1) is 24.1 Å². The number of hydrogen-bond donors (Lipinski definition) is 0. The lowest BCUT2D eigenvalue weighted by molar-refractivity contribution is -0.136. The molecule has 2 fully saturated rings. The van der Waals surface area contributed by atoms with E-state index in [4.69, 9.17) is 9.47 Å². The summed E-state index contributed by atoms with van der Waals surface area (Å²) >= 11 is 0. The maximum atomic E-state index is 13.7. The van der Waals surface area contributed by atoms with Crippen LogP contribution in [0.3, 0.4) is 0 Å². The Bertz CT molecular complexity index is 1170. The molecule has 8 nitrogen and oxygen atoms in total. The van der Waals surface area contributed by atoms with E-state index in [2.05, 4.69) is 4.90 Å². The first-order valence-corrected chi connectivity index (χ1v) is 12.6. The van der Waals surface area contributed by atoms with Gasteiger partial charge in [-0.15, -0.1) is 0 Å². The highest BCUT2D eigenvalue weighted by molar-refractivity contribution is 5.95. The summed E-state index contributed by atoms with van der Waals surface area (Å²) in [6, 6.07) is 15.6. The van der Waals surface area contributed by atoms with Crippen LogP contribution in [0.15, 0.2) is 48.5 Å². The summed E-state index contributed by atoms with van der Waals surface area (Å²) in [6.45, 7) is 9.72. The van der Waals surface area contributed by atoms with Gasteiger partial charge in [0.15, 0.2) is 5.60 Å². The lowest BCUT2D eigenvalue weighted by Crippen LogP contribution is -2.49. The van der Waals surface area contributed by atoms with Gasteiger partial charge in [0.1, 0.15) is 0 Å². The number of ether oxygens (including phenoxy) is 2. The van der Waals surface area contributed by atoms with E-state index in [1.165, 1.54) is 0 Å². The van der Waals surface area contributed by atoms with Gasteiger partial charge in [-0.1, -0.05) is 30.3 Å². The highest BCUT2D eigenvalue weighted by atomic mass is 16.6. The molecule has 3 heterocycles. The third-order valence-electron chi connectivity index (χ3n) is 7.74. The van der Waals surface area contributed by atoms with Gasteiger partial charge in [-0.3, -0.25) is 4.79 Å². The number of carbonyl (C=O) groups is 3. The van der Waals surface area contributed by atoms with Gasteiger partial charge in [0.25, 0.3) is 0 Å². The minimum Gasteiger partial charge on any atom is -0.450 e. The molecule has 0 saturated carbocycles. The van der Waals surface area contributed by atoms with E-state index >= 15 is 0 Å². The Morgan fingerprint density at radius 1 is 0.972 bits per heavy atom. The molecule has 1 spiro atoms. The number of fused-ring (bicyclic) bond motifs is 2. The monoisotopic (exact) mass is 491 g/mol. The molecule has 0 aromatic heterocycles. The molecule has 0 unspecified atom stereocenters. The van der Waals surface area contributed by atoms with Crippen LogP contribution in [-0.4, -0.2) is 73.6 Å². The zero-order valence-corrected chi connectivity index (χ0v) is 21.2. The van der Waals surface area contributed by atoms with Crippen LogP contribution in [0.5, 0.6) is 0 Å². The van der Waals surface area contributed by atoms with E-state index in [1.807, 2.05) is 68.1 Å². The van der Waals surface area contributed by atoms with Crippen LogP contribution in [0.25, 0.3) is 0 Å². The molecule has 3 aliphatic rings. The van der Waals surface area contributed by atoms with Crippen LogP contribution in [-0.2, 0) is 25.3 Å². The summed E-state index contributed by atoms with van der Waals surface area (Å²) in [4.78, 5) is 43.8. The number of esters is 1. The maximum absolute atomic E-state index is 13.7. The fourth-order valence-corrected chi connectivity index (χ4v) is 5.57. The predicted octanol–water partition coefficient (Wildman–Crippen LogP) is 3.54. The first-order chi connectivity index (χ1) is 17.2. The summed E-state index contributed by atoms with van der Waals surface area (Å²) < 4.78 is 10.9. The lowest BCUT2D eigenvalue weighted by Gasteiger charge is -2.36. The number of likely N-dealkylation sites (tertiary alicyclic amines) is 1. The van der Waals surface area contributed by atoms with Crippen molar-refractivity contribution in [1.29, 1.82) is 0 Å². The van der Waals surface area contributed by atoms with Crippen molar-refractivity contribution in [2.75, 3.05) is 50.8 Å².